The average Bonchev–Trinajstić information content (AvgIpc) is 2.82. The largest absolute Gasteiger partial charge is 0.508 e. The van der Waals surface area contributed by atoms with Crippen LogP contribution in [0.3, 0.4) is 0 Å². The van der Waals surface area contributed by atoms with Gasteiger partial charge in [0.25, 0.3) is 0 Å². The summed E-state index contributed by atoms with van der Waals surface area (Å²) >= 11 is 0. The highest BCUT2D eigenvalue weighted by molar-refractivity contribution is 5.76. The minimum Gasteiger partial charge on any atom is -0.508 e. The van der Waals surface area contributed by atoms with Crippen LogP contribution in [0.25, 0.3) is 0 Å². The zero-order valence-corrected chi connectivity index (χ0v) is 10.3. The van der Waals surface area contributed by atoms with Crippen LogP contribution in [0, 0.1) is 0 Å². The van der Waals surface area contributed by atoms with Crippen LogP contribution >= 0.6 is 0 Å². The smallest absolute Gasteiger partial charge is 0.312 e. The predicted molar refractivity (Wildman–Crippen MR) is 68.7 cm³/mol. The van der Waals surface area contributed by atoms with Gasteiger partial charge in [-0.15, -0.1) is 0 Å². The lowest BCUT2D eigenvalue weighted by Crippen LogP contribution is -2.33. The highest BCUT2D eigenvalue weighted by Gasteiger charge is 2.22. The second-order valence-corrected chi connectivity index (χ2v) is 4.88. The Bertz CT molecular complexity index is 413. The Morgan fingerprint density at radius 2 is 2.11 bits per heavy atom. The second kappa shape index (κ2) is 5.87. The topological polar surface area (TPSA) is 69.6 Å². The van der Waals surface area contributed by atoms with Crippen molar-refractivity contribution in [2.75, 3.05) is 6.54 Å². The van der Waals surface area contributed by atoms with Gasteiger partial charge in [-0.2, -0.15) is 0 Å². The molecule has 0 radical (unpaired) electrons. The number of aromatic hydroxyl groups is 1. The molecule has 1 fully saturated rings. The molecule has 0 saturated heterocycles. The zero-order valence-electron chi connectivity index (χ0n) is 10.3. The zero-order chi connectivity index (χ0) is 13.0. The van der Waals surface area contributed by atoms with Crippen molar-refractivity contribution in [2.24, 2.45) is 0 Å². The maximum Gasteiger partial charge on any atom is 0.312 e. The van der Waals surface area contributed by atoms with Gasteiger partial charge in [0.1, 0.15) is 5.75 Å². The number of aliphatic carboxylic acids is 1. The van der Waals surface area contributed by atoms with E-state index in [-0.39, 0.29) is 5.75 Å². The molecule has 1 aliphatic rings. The maximum atomic E-state index is 11.3. The molecule has 0 bridgehead atoms. The monoisotopic (exact) mass is 249 g/mol. The number of benzene rings is 1. The van der Waals surface area contributed by atoms with E-state index in [9.17, 15) is 15.0 Å². The van der Waals surface area contributed by atoms with Crippen LogP contribution in [0.5, 0.6) is 5.75 Å². The van der Waals surface area contributed by atoms with Crippen LogP contribution in [0.2, 0.25) is 0 Å². The molecule has 1 unspecified atom stereocenters. The van der Waals surface area contributed by atoms with Crippen molar-refractivity contribution in [1.29, 1.82) is 0 Å². The van der Waals surface area contributed by atoms with Crippen molar-refractivity contribution < 1.29 is 15.0 Å². The van der Waals surface area contributed by atoms with Gasteiger partial charge >= 0.3 is 5.97 Å². The first-order valence-corrected chi connectivity index (χ1v) is 6.42. The number of carboxylic acids is 1. The summed E-state index contributed by atoms with van der Waals surface area (Å²) in [6.07, 6.45) is 4.71. The lowest BCUT2D eigenvalue weighted by Gasteiger charge is -2.17. The third-order valence-corrected chi connectivity index (χ3v) is 3.54. The molecule has 3 N–H and O–H groups in total. The number of phenolic OH excluding ortho intramolecular Hbond substituents is 1. The van der Waals surface area contributed by atoms with Crippen molar-refractivity contribution in [3.8, 4) is 5.75 Å². The SMILES string of the molecule is O=C(O)C(CNC1CCCC1)c1cccc(O)c1. The van der Waals surface area contributed by atoms with Gasteiger partial charge < -0.3 is 15.5 Å². The van der Waals surface area contributed by atoms with Gasteiger partial charge in [-0.05, 0) is 30.5 Å². The van der Waals surface area contributed by atoms with E-state index >= 15 is 0 Å². The molecular formula is C14H19NO3. The minimum absolute atomic E-state index is 0.111. The number of phenols is 1. The summed E-state index contributed by atoms with van der Waals surface area (Å²) in [5.41, 5.74) is 0.646. The number of carboxylic acid groups (broad SMARTS) is 1. The van der Waals surface area contributed by atoms with Crippen molar-refractivity contribution >= 4 is 5.97 Å². The normalized spacial score (nSPS) is 17.8. The molecule has 4 heteroatoms. The molecule has 0 aliphatic heterocycles. The number of rotatable bonds is 5. The van der Waals surface area contributed by atoms with Crippen molar-refractivity contribution in [3.63, 3.8) is 0 Å². The number of hydrogen-bond donors (Lipinski definition) is 3. The van der Waals surface area contributed by atoms with E-state index < -0.39 is 11.9 Å². The first kappa shape index (κ1) is 12.9. The van der Waals surface area contributed by atoms with Gasteiger partial charge in [-0.3, -0.25) is 4.79 Å². The van der Waals surface area contributed by atoms with Crippen LogP contribution in [-0.2, 0) is 4.79 Å². The molecule has 1 saturated carbocycles. The Morgan fingerprint density at radius 1 is 1.39 bits per heavy atom. The third kappa shape index (κ3) is 3.23. The predicted octanol–water partition coefficient (Wildman–Crippen LogP) is 2.09. The molecule has 0 heterocycles. The van der Waals surface area contributed by atoms with Crippen LogP contribution < -0.4 is 5.32 Å². The second-order valence-electron chi connectivity index (χ2n) is 4.88. The van der Waals surface area contributed by atoms with Crippen LogP contribution in [-0.4, -0.2) is 28.8 Å². The molecule has 0 aromatic heterocycles. The first-order valence-electron chi connectivity index (χ1n) is 6.42. The Hall–Kier alpha value is -1.55. The Labute approximate surface area is 107 Å². The molecule has 18 heavy (non-hydrogen) atoms. The van der Waals surface area contributed by atoms with Gasteiger partial charge in [-0.1, -0.05) is 25.0 Å². The Balaban J connectivity index is 2.01. The van der Waals surface area contributed by atoms with E-state index in [0.29, 0.717) is 18.2 Å². The molecular weight excluding hydrogens is 230 g/mol. The van der Waals surface area contributed by atoms with Crippen LogP contribution in [0.15, 0.2) is 24.3 Å². The standard InChI is InChI=1S/C14H19NO3/c16-12-7-3-4-10(8-12)13(14(17)18)9-15-11-5-1-2-6-11/h3-4,7-8,11,13,15-16H,1-2,5-6,9H2,(H,17,18). The Kier molecular flexibility index (Phi) is 4.20. The van der Waals surface area contributed by atoms with E-state index in [1.807, 2.05) is 0 Å². The third-order valence-electron chi connectivity index (χ3n) is 3.54. The first-order chi connectivity index (χ1) is 8.66. The van der Waals surface area contributed by atoms with E-state index in [4.69, 9.17) is 0 Å². The summed E-state index contributed by atoms with van der Waals surface area (Å²) in [6, 6.07) is 6.94. The molecule has 0 amide bonds. The Morgan fingerprint density at radius 3 is 2.72 bits per heavy atom. The van der Waals surface area contributed by atoms with Crippen LogP contribution in [0.4, 0.5) is 0 Å². The molecule has 1 aromatic carbocycles. The molecule has 98 valence electrons. The molecule has 1 aliphatic carbocycles. The van der Waals surface area contributed by atoms with Crippen molar-refractivity contribution in [1.82, 2.24) is 5.32 Å². The van der Waals surface area contributed by atoms with Gasteiger partial charge in [0.2, 0.25) is 0 Å². The highest BCUT2D eigenvalue weighted by atomic mass is 16.4. The molecule has 2 rings (SSSR count). The summed E-state index contributed by atoms with van der Waals surface area (Å²) < 4.78 is 0. The van der Waals surface area contributed by atoms with E-state index in [1.165, 1.54) is 18.9 Å². The summed E-state index contributed by atoms with van der Waals surface area (Å²) in [6.45, 7) is 0.420. The summed E-state index contributed by atoms with van der Waals surface area (Å²) in [7, 11) is 0. The minimum atomic E-state index is -0.855. The quantitative estimate of drug-likeness (QED) is 0.747. The molecule has 1 aromatic rings. The van der Waals surface area contributed by atoms with E-state index in [1.54, 1.807) is 18.2 Å². The lowest BCUT2D eigenvalue weighted by molar-refractivity contribution is -0.138. The fourth-order valence-electron chi connectivity index (χ4n) is 2.50. The van der Waals surface area contributed by atoms with Crippen LogP contribution in [0.1, 0.15) is 37.2 Å². The lowest BCUT2D eigenvalue weighted by atomic mass is 9.98. The van der Waals surface area contributed by atoms with Gasteiger partial charge in [0.05, 0.1) is 5.92 Å². The summed E-state index contributed by atoms with van der Waals surface area (Å²) in [5, 5.41) is 22.0. The van der Waals surface area contributed by atoms with E-state index in [2.05, 4.69) is 5.32 Å². The number of carbonyl (C=O) groups is 1. The van der Waals surface area contributed by atoms with Gasteiger partial charge in [0.15, 0.2) is 0 Å². The van der Waals surface area contributed by atoms with Gasteiger partial charge in [0, 0.05) is 12.6 Å². The maximum absolute atomic E-state index is 11.3. The molecule has 4 nitrogen and oxygen atoms in total. The number of nitrogens with one attached hydrogen (secondary N) is 1. The van der Waals surface area contributed by atoms with Crippen molar-refractivity contribution in [3.05, 3.63) is 29.8 Å². The fourth-order valence-corrected chi connectivity index (χ4v) is 2.50. The van der Waals surface area contributed by atoms with E-state index in [0.717, 1.165) is 12.8 Å². The van der Waals surface area contributed by atoms with Gasteiger partial charge in [-0.25, -0.2) is 0 Å². The average molecular weight is 249 g/mol. The summed E-state index contributed by atoms with van der Waals surface area (Å²) in [4.78, 5) is 11.3. The number of hydrogen-bond acceptors (Lipinski definition) is 3. The molecule has 0 spiro atoms. The highest BCUT2D eigenvalue weighted by Crippen LogP contribution is 2.22. The molecule has 1 atom stereocenters. The van der Waals surface area contributed by atoms with Crippen molar-refractivity contribution in [2.45, 2.75) is 37.6 Å². The fraction of sp³-hybridized carbons (Fsp3) is 0.500. The summed E-state index contributed by atoms with van der Waals surface area (Å²) in [5.74, 6) is -1.34.